The number of para-hydroxylation sites is 1. The molecule has 0 unspecified atom stereocenters. The van der Waals surface area contributed by atoms with E-state index in [9.17, 15) is 4.79 Å². The van der Waals surface area contributed by atoms with Gasteiger partial charge in [-0.25, -0.2) is 0 Å². The zero-order valence-corrected chi connectivity index (χ0v) is 14.0. The number of anilines is 1. The normalized spacial score (nSPS) is 18.3. The number of rotatable bonds is 4. The minimum Gasteiger partial charge on any atom is -0.325 e. The maximum Gasteiger partial charge on any atom is 0.241 e. The first kappa shape index (κ1) is 14.7. The van der Waals surface area contributed by atoms with Crippen LogP contribution >= 0.6 is 23.1 Å². The van der Waals surface area contributed by atoms with E-state index >= 15 is 0 Å². The Morgan fingerprint density at radius 1 is 1.13 bits per heavy atom. The predicted octanol–water partition coefficient (Wildman–Crippen LogP) is 4.16. The molecule has 116 valence electrons. The molecule has 1 aliphatic heterocycles. The van der Waals surface area contributed by atoms with Gasteiger partial charge in [-0.15, -0.1) is 16.4 Å². The van der Waals surface area contributed by atoms with Gasteiger partial charge in [-0.05, 0) is 36.4 Å². The van der Waals surface area contributed by atoms with Crippen molar-refractivity contribution >= 4 is 45.4 Å². The van der Waals surface area contributed by atoms with Crippen LogP contribution in [0.5, 0.6) is 0 Å². The molecule has 0 spiro atoms. The zero-order chi connectivity index (χ0) is 15.7. The van der Waals surface area contributed by atoms with E-state index in [0.717, 1.165) is 40.6 Å². The predicted molar refractivity (Wildman–Crippen MR) is 97.5 cm³/mol. The van der Waals surface area contributed by atoms with Crippen molar-refractivity contribution in [1.82, 2.24) is 0 Å². The summed E-state index contributed by atoms with van der Waals surface area (Å²) < 4.78 is -0.366. The van der Waals surface area contributed by atoms with E-state index in [1.165, 1.54) is 0 Å². The van der Waals surface area contributed by atoms with E-state index in [1.807, 2.05) is 41.8 Å². The molecule has 1 fully saturated rings. The largest absolute Gasteiger partial charge is 0.325 e. The second-order valence-electron chi connectivity index (χ2n) is 5.61. The Labute approximate surface area is 142 Å². The molecule has 4 nitrogen and oxygen atoms in total. The summed E-state index contributed by atoms with van der Waals surface area (Å²) >= 11 is 3.25. The fraction of sp³-hybridized carbons (Fsp3) is 0.235. The summed E-state index contributed by atoms with van der Waals surface area (Å²) in [4.78, 5) is 13.7. The average Bonchev–Trinajstić information content (AvgIpc) is 2.98. The van der Waals surface area contributed by atoms with E-state index in [0.29, 0.717) is 0 Å². The molecule has 23 heavy (non-hydrogen) atoms. The molecule has 6 heteroatoms. The molecule has 1 saturated carbocycles. The highest BCUT2D eigenvalue weighted by atomic mass is 32.2. The third-order valence-electron chi connectivity index (χ3n) is 3.87. The lowest BCUT2D eigenvalue weighted by molar-refractivity contribution is -0.116. The molecule has 2 heterocycles. The summed E-state index contributed by atoms with van der Waals surface area (Å²) in [5.74, 6) is 0.0703. The number of hydrogen-bond donors (Lipinski definition) is 1. The van der Waals surface area contributed by atoms with E-state index in [1.54, 1.807) is 23.1 Å². The monoisotopic (exact) mass is 341 g/mol. The first-order valence-corrected chi connectivity index (χ1v) is 9.18. The van der Waals surface area contributed by atoms with Gasteiger partial charge in [-0.3, -0.25) is 4.79 Å². The molecule has 1 N–H and O–H groups in total. The average molecular weight is 341 g/mol. The highest BCUT2D eigenvalue weighted by molar-refractivity contribution is 8.16. The summed E-state index contributed by atoms with van der Waals surface area (Å²) in [5, 5.41) is 14.5. The van der Waals surface area contributed by atoms with Crippen LogP contribution in [0.3, 0.4) is 0 Å². The number of carbonyl (C=O) groups is 1. The van der Waals surface area contributed by atoms with Crippen LogP contribution in [-0.4, -0.2) is 21.4 Å². The number of thiophene rings is 1. The van der Waals surface area contributed by atoms with Crippen molar-refractivity contribution in [2.45, 2.75) is 24.0 Å². The lowest BCUT2D eigenvalue weighted by atomic mass is 10.2. The maximum atomic E-state index is 12.6. The van der Waals surface area contributed by atoms with Gasteiger partial charge >= 0.3 is 0 Å². The number of amides is 1. The van der Waals surface area contributed by atoms with E-state index in [2.05, 4.69) is 21.6 Å². The van der Waals surface area contributed by atoms with Crippen molar-refractivity contribution in [3.8, 4) is 0 Å². The second-order valence-corrected chi connectivity index (χ2v) is 8.02. The number of benzene rings is 1. The van der Waals surface area contributed by atoms with Gasteiger partial charge < -0.3 is 5.32 Å². The van der Waals surface area contributed by atoms with Crippen LogP contribution in [0.15, 0.2) is 58.0 Å². The Kier molecular flexibility index (Phi) is 3.79. The Bertz CT molecular complexity index is 777. The van der Waals surface area contributed by atoms with Gasteiger partial charge in [0.25, 0.3) is 0 Å². The van der Waals surface area contributed by atoms with Crippen LogP contribution in [0.25, 0.3) is 0 Å². The fourth-order valence-corrected chi connectivity index (χ4v) is 4.35. The van der Waals surface area contributed by atoms with Gasteiger partial charge in [-0.2, -0.15) is 5.10 Å². The van der Waals surface area contributed by atoms with Crippen molar-refractivity contribution in [3.63, 3.8) is 0 Å². The van der Waals surface area contributed by atoms with Gasteiger partial charge in [0, 0.05) is 12.1 Å². The van der Waals surface area contributed by atoms with Crippen LogP contribution in [0.1, 0.15) is 24.1 Å². The number of hydrogen-bond acceptors (Lipinski definition) is 5. The van der Waals surface area contributed by atoms with E-state index < -0.39 is 0 Å². The van der Waals surface area contributed by atoms with E-state index in [-0.39, 0.29) is 10.7 Å². The number of nitrogens with zero attached hydrogens (tertiary/aromatic N) is 2. The Morgan fingerprint density at radius 2 is 1.96 bits per heavy atom. The van der Waals surface area contributed by atoms with Crippen LogP contribution in [0.4, 0.5) is 5.69 Å². The quantitative estimate of drug-likeness (QED) is 0.908. The van der Waals surface area contributed by atoms with Crippen molar-refractivity contribution in [2.75, 3.05) is 5.32 Å². The first-order valence-electron chi connectivity index (χ1n) is 7.48. The molecule has 0 radical (unpaired) electrons. The van der Waals surface area contributed by atoms with Gasteiger partial charge in [-0.1, -0.05) is 36.0 Å². The molecule has 1 amide bonds. The standard InChI is InChI=1S/C17H15N3OS2/c21-16(18-12-5-2-1-3-6-12)17(8-9-17)23-15-11-13(19-20-15)14-7-4-10-22-14/h1-7,10H,8-9,11H2,(H,18,21). The smallest absolute Gasteiger partial charge is 0.241 e. The molecular formula is C17H15N3OS2. The van der Waals surface area contributed by atoms with Crippen molar-refractivity contribution in [1.29, 1.82) is 0 Å². The Morgan fingerprint density at radius 3 is 2.65 bits per heavy atom. The second kappa shape index (κ2) is 5.94. The summed E-state index contributed by atoms with van der Waals surface area (Å²) in [6.45, 7) is 0. The summed E-state index contributed by atoms with van der Waals surface area (Å²) in [6, 6.07) is 13.7. The highest BCUT2D eigenvalue weighted by Gasteiger charge is 2.52. The van der Waals surface area contributed by atoms with Crippen LogP contribution in [-0.2, 0) is 4.79 Å². The summed E-state index contributed by atoms with van der Waals surface area (Å²) in [7, 11) is 0. The SMILES string of the molecule is O=C(Nc1ccccc1)C1(SC2=NN=C(c3cccs3)C2)CC1. The van der Waals surface area contributed by atoms with Gasteiger partial charge in [0.15, 0.2) is 0 Å². The van der Waals surface area contributed by atoms with Gasteiger partial charge in [0.2, 0.25) is 5.91 Å². The third-order valence-corrected chi connectivity index (χ3v) is 6.23. The Balaban J connectivity index is 1.39. The zero-order valence-electron chi connectivity index (χ0n) is 12.4. The molecule has 1 aromatic carbocycles. The summed E-state index contributed by atoms with van der Waals surface area (Å²) in [5.41, 5.74) is 1.84. The van der Waals surface area contributed by atoms with Crippen LogP contribution in [0.2, 0.25) is 0 Å². The molecule has 1 aliphatic carbocycles. The minimum atomic E-state index is -0.366. The number of carbonyl (C=O) groups excluding carboxylic acids is 1. The molecule has 2 aromatic rings. The van der Waals surface area contributed by atoms with Crippen LogP contribution < -0.4 is 5.32 Å². The Hall–Kier alpha value is -1.92. The lowest BCUT2D eigenvalue weighted by Gasteiger charge is -2.14. The van der Waals surface area contributed by atoms with Crippen molar-refractivity contribution < 1.29 is 4.79 Å². The molecule has 4 rings (SSSR count). The van der Waals surface area contributed by atoms with Crippen molar-refractivity contribution in [2.24, 2.45) is 10.2 Å². The molecule has 1 aromatic heterocycles. The highest BCUT2D eigenvalue weighted by Crippen LogP contribution is 2.50. The van der Waals surface area contributed by atoms with Gasteiger partial charge in [0.05, 0.1) is 10.6 Å². The number of thioether (sulfide) groups is 1. The van der Waals surface area contributed by atoms with Crippen molar-refractivity contribution in [3.05, 3.63) is 52.7 Å². The molecular weight excluding hydrogens is 326 g/mol. The van der Waals surface area contributed by atoms with Crippen LogP contribution in [0, 0.1) is 0 Å². The maximum absolute atomic E-state index is 12.6. The first-order chi connectivity index (χ1) is 11.3. The molecule has 0 atom stereocenters. The molecule has 2 aliphatic rings. The topological polar surface area (TPSA) is 53.8 Å². The number of nitrogens with one attached hydrogen (secondary N) is 1. The fourth-order valence-electron chi connectivity index (χ4n) is 2.45. The minimum absolute atomic E-state index is 0.0703. The summed E-state index contributed by atoms with van der Waals surface area (Å²) in [6.07, 6.45) is 2.51. The third kappa shape index (κ3) is 3.09. The van der Waals surface area contributed by atoms with E-state index in [4.69, 9.17) is 0 Å². The molecule has 0 bridgehead atoms. The van der Waals surface area contributed by atoms with Gasteiger partial charge in [0.1, 0.15) is 9.79 Å². The molecule has 0 saturated heterocycles. The lowest BCUT2D eigenvalue weighted by Crippen LogP contribution is -2.28.